The van der Waals surface area contributed by atoms with Crippen LogP contribution in [0.2, 0.25) is 0 Å². The lowest BCUT2D eigenvalue weighted by molar-refractivity contribution is -0.136. The maximum absolute atomic E-state index is 10.6. The Hall–Kier alpha value is -1.22. The van der Waals surface area contributed by atoms with Gasteiger partial charge >= 0.3 is 5.97 Å². The van der Waals surface area contributed by atoms with Crippen molar-refractivity contribution in [2.75, 3.05) is 6.61 Å². The number of ether oxygens (including phenoxy) is 1. The molecule has 15 heavy (non-hydrogen) atoms. The largest absolute Gasteiger partial charge is 0.494 e. The molecule has 1 rings (SSSR count). The van der Waals surface area contributed by atoms with Crippen molar-refractivity contribution in [3.63, 3.8) is 0 Å². The molecule has 4 heteroatoms. The summed E-state index contributed by atoms with van der Waals surface area (Å²) in [7, 11) is 0. The van der Waals surface area contributed by atoms with Crippen molar-refractivity contribution in [2.24, 2.45) is 0 Å². The molecule has 0 spiro atoms. The van der Waals surface area contributed by atoms with Gasteiger partial charge in [-0.1, -0.05) is 18.2 Å². The second-order valence-corrected chi connectivity index (χ2v) is 3.58. The average Bonchev–Trinajstić information content (AvgIpc) is 2.21. The summed E-state index contributed by atoms with van der Waals surface area (Å²) in [5.41, 5.74) is 0.821. The smallest absolute Gasteiger partial charge is 0.321 e. The van der Waals surface area contributed by atoms with Crippen molar-refractivity contribution in [3.8, 4) is 5.75 Å². The third-order valence-electron chi connectivity index (χ3n) is 1.94. The summed E-state index contributed by atoms with van der Waals surface area (Å²) in [6.07, 6.45) is 0.271. The van der Waals surface area contributed by atoms with Crippen molar-refractivity contribution < 1.29 is 14.6 Å². The first-order chi connectivity index (χ1) is 7.15. The molecule has 0 saturated heterocycles. The second kappa shape index (κ2) is 5.61. The molecule has 3 nitrogen and oxygen atoms in total. The van der Waals surface area contributed by atoms with E-state index in [0.29, 0.717) is 12.4 Å². The van der Waals surface area contributed by atoms with Gasteiger partial charge in [-0.3, -0.25) is 4.79 Å². The van der Waals surface area contributed by atoms with Gasteiger partial charge in [-0.2, -0.15) is 0 Å². The molecule has 0 aliphatic carbocycles. The monoisotopic (exact) mass is 228 g/mol. The normalized spacial score (nSPS) is 12.1. The number of carbonyl (C=O) groups is 1. The Labute approximate surface area is 93.6 Å². The molecule has 0 amide bonds. The fraction of sp³-hybridized carbons (Fsp3) is 0.364. The van der Waals surface area contributed by atoms with Gasteiger partial charge in [-0.15, -0.1) is 11.6 Å². The van der Waals surface area contributed by atoms with E-state index in [1.807, 2.05) is 31.2 Å². The molecule has 0 aliphatic heterocycles. The third kappa shape index (κ3) is 3.44. The SMILES string of the molecule is CCOc1ccccc1CC(Cl)C(=O)O. The lowest BCUT2D eigenvalue weighted by Gasteiger charge is -2.10. The molecule has 0 saturated carbocycles. The van der Waals surface area contributed by atoms with E-state index in [4.69, 9.17) is 21.4 Å². The van der Waals surface area contributed by atoms with E-state index in [-0.39, 0.29) is 6.42 Å². The number of alkyl halides is 1. The zero-order chi connectivity index (χ0) is 11.3. The van der Waals surface area contributed by atoms with Crippen molar-refractivity contribution in [3.05, 3.63) is 29.8 Å². The number of rotatable bonds is 5. The molecule has 0 radical (unpaired) electrons. The van der Waals surface area contributed by atoms with Crippen LogP contribution in [0.3, 0.4) is 0 Å². The van der Waals surface area contributed by atoms with E-state index in [9.17, 15) is 4.79 Å². The summed E-state index contributed by atoms with van der Waals surface area (Å²) in [6.45, 7) is 2.43. The number of aliphatic carboxylic acids is 1. The highest BCUT2D eigenvalue weighted by molar-refractivity contribution is 6.29. The fourth-order valence-electron chi connectivity index (χ4n) is 1.25. The molecule has 0 bridgehead atoms. The van der Waals surface area contributed by atoms with Crippen LogP contribution in [0.4, 0.5) is 0 Å². The molecule has 0 aromatic heterocycles. The first-order valence-electron chi connectivity index (χ1n) is 4.72. The van der Waals surface area contributed by atoms with Gasteiger partial charge < -0.3 is 9.84 Å². The van der Waals surface area contributed by atoms with Crippen LogP contribution in [0.5, 0.6) is 5.75 Å². The van der Waals surface area contributed by atoms with Crippen LogP contribution in [0, 0.1) is 0 Å². The van der Waals surface area contributed by atoms with E-state index in [1.54, 1.807) is 0 Å². The summed E-state index contributed by atoms with van der Waals surface area (Å²) in [4.78, 5) is 10.6. The molecule has 82 valence electrons. The summed E-state index contributed by atoms with van der Waals surface area (Å²) >= 11 is 5.67. The number of hydrogen-bond acceptors (Lipinski definition) is 2. The zero-order valence-electron chi connectivity index (χ0n) is 8.44. The summed E-state index contributed by atoms with van der Waals surface area (Å²) in [6, 6.07) is 7.31. The second-order valence-electron chi connectivity index (χ2n) is 3.05. The highest BCUT2D eigenvalue weighted by Gasteiger charge is 2.16. The Bertz CT molecular complexity index is 338. The van der Waals surface area contributed by atoms with Gasteiger partial charge in [-0.05, 0) is 18.6 Å². The van der Waals surface area contributed by atoms with Crippen LogP contribution in [-0.2, 0) is 11.2 Å². The molecule has 1 atom stereocenters. The third-order valence-corrected chi connectivity index (χ3v) is 2.28. The fourth-order valence-corrected chi connectivity index (χ4v) is 1.42. The van der Waals surface area contributed by atoms with E-state index in [2.05, 4.69) is 0 Å². The first-order valence-corrected chi connectivity index (χ1v) is 5.16. The zero-order valence-corrected chi connectivity index (χ0v) is 9.20. The van der Waals surface area contributed by atoms with Crippen LogP contribution in [0.25, 0.3) is 0 Å². The van der Waals surface area contributed by atoms with Crippen molar-refractivity contribution in [1.29, 1.82) is 0 Å². The Morgan fingerprint density at radius 3 is 2.80 bits per heavy atom. The predicted molar refractivity (Wildman–Crippen MR) is 58.6 cm³/mol. The van der Waals surface area contributed by atoms with Crippen LogP contribution in [-0.4, -0.2) is 23.1 Å². The number of halogens is 1. The van der Waals surface area contributed by atoms with E-state index in [0.717, 1.165) is 5.56 Å². The first kappa shape index (κ1) is 11.9. The molecular formula is C11H13ClO3. The van der Waals surface area contributed by atoms with Crippen LogP contribution < -0.4 is 4.74 Å². The molecular weight excluding hydrogens is 216 g/mol. The summed E-state index contributed by atoms with van der Waals surface area (Å²) in [5, 5.41) is 7.78. The number of carboxylic acids is 1. The van der Waals surface area contributed by atoms with Crippen LogP contribution >= 0.6 is 11.6 Å². The van der Waals surface area contributed by atoms with Gasteiger partial charge in [0.1, 0.15) is 11.1 Å². The maximum Gasteiger partial charge on any atom is 0.321 e. The Morgan fingerprint density at radius 1 is 1.53 bits per heavy atom. The quantitative estimate of drug-likeness (QED) is 0.787. The number of carboxylic acid groups (broad SMARTS) is 1. The minimum absolute atomic E-state index is 0.271. The van der Waals surface area contributed by atoms with E-state index >= 15 is 0 Å². The van der Waals surface area contributed by atoms with Crippen LogP contribution in [0.15, 0.2) is 24.3 Å². The Kier molecular flexibility index (Phi) is 4.43. The summed E-state index contributed by atoms with van der Waals surface area (Å²) < 4.78 is 5.37. The molecule has 1 aromatic carbocycles. The van der Waals surface area contributed by atoms with Crippen molar-refractivity contribution in [1.82, 2.24) is 0 Å². The molecule has 0 fully saturated rings. The predicted octanol–water partition coefficient (Wildman–Crippen LogP) is 2.32. The van der Waals surface area contributed by atoms with Gasteiger partial charge in [-0.25, -0.2) is 0 Å². The van der Waals surface area contributed by atoms with Gasteiger partial charge in [0, 0.05) is 6.42 Å². The lowest BCUT2D eigenvalue weighted by Crippen LogP contribution is -2.16. The number of benzene rings is 1. The highest BCUT2D eigenvalue weighted by atomic mass is 35.5. The van der Waals surface area contributed by atoms with Crippen molar-refractivity contribution >= 4 is 17.6 Å². The topological polar surface area (TPSA) is 46.5 Å². The highest BCUT2D eigenvalue weighted by Crippen LogP contribution is 2.21. The standard InChI is InChI=1S/C11H13ClO3/c1-2-15-10-6-4-3-5-8(10)7-9(12)11(13)14/h3-6,9H,2,7H2,1H3,(H,13,14). The minimum Gasteiger partial charge on any atom is -0.494 e. The Balaban J connectivity index is 2.79. The van der Waals surface area contributed by atoms with Gasteiger partial charge in [0.15, 0.2) is 0 Å². The summed E-state index contributed by atoms with van der Waals surface area (Å²) in [5.74, 6) is -0.310. The number of para-hydroxylation sites is 1. The average molecular weight is 229 g/mol. The van der Waals surface area contributed by atoms with Gasteiger partial charge in [0.05, 0.1) is 6.61 Å². The number of hydrogen-bond donors (Lipinski definition) is 1. The van der Waals surface area contributed by atoms with Crippen LogP contribution in [0.1, 0.15) is 12.5 Å². The van der Waals surface area contributed by atoms with E-state index in [1.165, 1.54) is 0 Å². The van der Waals surface area contributed by atoms with Gasteiger partial charge in [0.25, 0.3) is 0 Å². The molecule has 1 unspecified atom stereocenters. The van der Waals surface area contributed by atoms with E-state index < -0.39 is 11.3 Å². The van der Waals surface area contributed by atoms with Gasteiger partial charge in [0.2, 0.25) is 0 Å². The molecule has 0 heterocycles. The molecule has 1 N–H and O–H groups in total. The molecule has 0 aliphatic rings. The molecule has 1 aromatic rings. The minimum atomic E-state index is -1.01. The maximum atomic E-state index is 10.6. The van der Waals surface area contributed by atoms with Crippen molar-refractivity contribution in [2.45, 2.75) is 18.7 Å². The Morgan fingerprint density at radius 2 is 2.20 bits per heavy atom. The lowest BCUT2D eigenvalue weighted by atomic mass is 10.1.